The van der Waals surface area contributed by atoms with E-state index in [1.807, 2.05) is 45.9 Å². The van der Waals surface area contributed by atoms with Crippen molar-refractivity contribution in [3.8, 4) is 5.75 Å². The van der Waals surface area contributed by atoms with E-state index >= 15 is 0 Å². The van der Waals surface area contributed by atoms with Crippen LogP contribution in [0.15, 0.2) is 72.8 Å². The van der Waals surface area contributed by atoms with E-state index in [-0.39, 0.29) is 12.2 Å². The highest BCUT2D eigenvalue weighted by Crippen LogP contribution is 2.31. The van der Waals surface area contributed by atoms with Crippen LogP contribution in [0, 0.1) is 5.82 Å². The first kappa shape index (κ1) is 25.8. The van der Waals surface area contributed by atoms with Gasteiger partial charge < -0.3 is 10.1 Å². The summed E-state index contributed by atoms with van der Waals surface area (Å²) in [5.74, 6) is -0.746. The van der Waals surface area contributed by atoms with Gasteiger partial charge in [-0.25, -0.2) is 9.07 Å². The van der Waals surface area contributed by atoms with Crippen LogP contribution in [0.3, 0.4) is 0 Å². The molecule has 0 aliphatic rings. The second kappa shape index (κ2) is 10.8. The summed E-state index contributed by atoms with van der Waals surface area (Å²) in [6.07, 6.45) is 0. The standard InChI is InChI=1S/C28H30FN5O3/c1-5-37-22-15-13-19(14-16-22)26(27(36)30-28(2,3)4)34(21-10-8-9-20(29)17-21)25(35)18-33-24-12-7-6-11-23(24)31-32-33/h6-17,26H,5,18H2,1-4H3,(H,30,36)/t26-/m1/s1. The van der Waals surface area contributed by atoms with E-state index in [2.05, 4.69) is 15.6 Å². The molecule has 1 aromatic heterocycles. The summed E-state index contributed by atoms with van der Waals surface area (Å²) in [4.78, 5) is 29.0. The summed E-state index contributed by atoms with van der Waals surface area (Å²) in [6, 6.07) is 18.8. The first-order valence-electron chi connectivity index (χ1n) is 12.1. The third kappa shape index (κ3) is 6.11. The van der Waals surface area contributed by atoms with Crippen LogP contribution in [0.1, 0.15) is 39.3 Å². The lowest BCUT2D eigenvalue weighted by Gasteiger charge is -2.34. The normalized spacial score (nSPS) is 12.2. The number of hydrogen-bond donors (Lipinski definition) is 1. The number of rotatable bonds is 8. The maximum Gasteiger partial charge on any atom is 0.249 e. The Hall–Kier alpha value is -4.27. The number of benzene rings is 3. The Morgan fingerprint density at radius 3 is 2.46 bits per heavy atom. The maximum atomic E-state index is 14.4. The number of fused-ring (bicyclic) bond motifs is 1. The Balaban J connectivity index is 1.81. The Kier molecular flexibility index (Phi) is 7.52. The van der Waals surface area contributed by atoms with E-state index in [9.17, 15) is 14.0 Å². The van der Waals surface area contributed by atoms with Crippen molar-refractivity contribution in [1.29, 1.82) is 0 Å². The fourth-order valence-corrected chi connectivity index (χ4v) is 4.07. The van der Waals surface area contributed by atoms with Crippen LogP contribution in [0.2, 0.25) is 0 Å². The van der Waals surface area contributed by atoms with Gasteiger partial charge in [-0.2, -0.15) is 0 Å². The fraction of sp³-hybridized carbons (Fsp3) is 0.286. The van der Waals surface area contributed by atoms with Crippen LogP contribution in [-0.4, -0.2) is 39.0 Å². The van der Waals surface area contributed by atoms with Crippen molar-refractivity contribution in [3.05, 3.63) is 84.2 Å². The maximum absolute atomic E-state index is 14.4. The van der Waals surface area contributed by atoms with Gasteiger partial charge in [-0.3, -0.25) is 14.5 Å². The zero-order chi connectivity index (χ0) is 26.6. The Morgan fingerprint density at radius 1 is 1.05 bits per heavy atom. The van der Waals surface area contributed by atoms with E-state index < -0.39 is 29.2 Å². The predicted molar refractivity (Wildman–Crippen MR) is 140 cm³/mol. The molecule has 0 aliphatic carbocycles. The van der Waals surface area contributed by atoms with Crippen molar-refractivity contribution in [2.75, 3.05) is 11.5 Å². The number of carbonyl (C=O) groups is 2. The average Bonchev–Trinajstić information content (AvgIpc) is 3.25. The molecule has 1 atom stereocenters. The lowest BCUT2D eigenvalue weighted by atomic mass is 10.0. The summed E-state index contributed by atoms with van der Waals surface area (Å²) in [6.45, 7) is 7.74. The molecule has 4 aromatic rings. The number of anilines is 1. The minimum absolute atomic E-state index is 0.201. The van der Waals surface area contributed by atoms with Gasteiger partial charge in [-0.15, -0.1) is 5.10 Å². The zero-order valence-electron chi connectivity index (χ0n) is 21.3. The quantitative estimate of drug-likeness (QED) is 0.378. The number of nitrogens with one attached hydrogen (secondary N) is 1. The number of nitrogens with zero attached hydrogens (tertiary/aromatic N) is 4. The van der Waals surface area contributed by atoms with Crippen molar-refractivity contribution < 1.29 is 18.7 Å². The molecule has 1 heterocycles. The summed E-state index contributed by atoms with van der Waals surface area (Å²) < 4.78 is 21.4. The van der Waals surface area contributed by atoms with E-state index in [1.54, 1.807) is 36.4 Å². The molecule has 0 saturated heterocycles. The van der Waals surface area contributed by atoms with Gasteiger partial charge >= 0.3 is 0 Å². The Labute approximate surface area is 215 Å². The summed E-state index contributed by atoms with van der Waals surface area (Å²) >= 11 is 0. The topological polar surface area (TPSA) is 89.4 Å². The van der Waals surface area contributed by atoms with Gasteiger partial charge in [0.2, 0.25) is 11.8 Å². The molecule has 0 bridgehead atoms. The first-order valence-corrected chi connectivity index (χ1v) is 12.1. The van der Waals surface area contributed by atoms with Crippen LogP contribution in [0.25, 0.3) is 11.0 Å². The van der Waals surface area contributed by atoms with Gasteiger partial charge in [0.1, 0.15) is 29.7 Å². The van der Waals surface area contributed by atoms with E-state index in [0.29, 0.717) is 29.0 Å². The van der Waals surface area contributed by atoms with E-state index in [4.69, 9.17) is 4.74 Å². The molecule has 0 spiro atoms. The van der Waals surface area contributed by atoms with Crippen LogP contribution >= 0.6 is 0 Å². The molecule has 1 N–H and O–H groups in total. The molecule has 37 heavy (non-hydrogen) atoms. The molecular formula is C28H30FN5O3. The molecule has 192 valence electrons. The van der Waals surface area contributed by atoms with Crippen LogP contribution in [0.5, 0.6) is 5.75 Å². The van der Waals surface area contributed by atoms with Crippen LogP contribution in [0.4, 0.5) is 10.1 Å². The zero-order valence-corrected chi connectivity index (χ0v) is 21.3. The number of aromatic nitrogens is 3. The molecule has 2 amide bonds. The van der Waals surface area contributed by atoms with Gasteiger partial charge in [-0.05, 0) is 75.7 Å². The number of halogens is 1. The second-order valence-electron chi connectivity index (χ2n) is 9.62. The van der Waals surface area contributed by atoms with Gasteiger partial charge in [-0.1, -0.05) is 35.5 Å². The lowest BCUT2D eigenvalue weighted by molar-refractivity contribution is -0.128. The van der Waals surface area contributed by atoms with Gasteiger partial charge in [0.25, 0.3) is 0 Å². The third-order valence-electron chi connectivity index (χ3n) is 5.57. The molecule has 0 aliphatic heterocycles. The summed E-state index contributed by atoms with van der Waals surface area (Å²) in [7, 11) is 0. The molecule has 0 saturated carbocycles. The molecule has 0 unspecified atom stereocenters. The van der Waals surface area contributed by atoms with Crippen molar-refractivity contribution >= 4 is 28.5 Å². The molecular weight excluding hydrogens is 473 g/mol. The largest absolute Gasteiger partial charge is 0.494 e. The molecule has 4 rings (SSSR count). The first-order chi connectivity index (χ1) is 17.7. The fourth-order valence-electron chi connectivity index (χ4n) is 4.07. The van der Waals surface area contributed by atoms with Crippen molar-refractivity contribution in [3.63, 3.8) is 0 Å². The number of para-hydroxylation sites is 1. The average molecular weight is 504 g/mol. The van der Waals surface area contributed by atoms with Crippen LogP contribution < -0.4 is 15.0 Å². The highest BCUT2D eigenvalue weighted by molar-refractivity contribution is 6.01. The molecule has 8 nitrogen and oxygen atoms in total. The number of hydrogen-bond acceptors (Lipinski definition) is 5. The minimum Gasteiger partial charge on any atom is -0.494 e. The Bertz CT molecular complexity index is 1390. The predicted octanol–water partition coefficient (Wildman–Crippen LogP) is 4.66. The third-order valence-corrected chi connectivity index (χ3v) is 5.57. The van der Waals surface area contributed by atoms with E-state index in [1.165, 1.54) is 27.8 Å². The number of ether oxygens (including phenoxy) is 1. The molecule has 3 aromatic carbocycles. The molecule has 0 fully saturated rings. The summed E-state index contributed by atoms with van der Waals surface area (Å²) in [5.41, 5.74) is 1.54. The van der Waals surface area contributed by atoms with Crippen molar-refractivity contribution in [2.45, 2.75) is 45.8 Å². The van der Waals surface area contributed by atoms with Gasteiger partial charge in [0.15, 0.2) is 0 Å². The Morgan fingerprint density at radius 2 is 1.78 bits per heavy atom. The molecule has 0 radical (unpaired) electrons. The van der Waals surface area contributed by atoms with Crippen molar-refractivity contribution in [1.82, 2.24) is 20.3 Å². The molecule has 9 heteroatoms. The number of carbonyl (C=O) groups excluding carboxylic acids is 2. The minimum atomic E-state index is -1.08. The van der Waals surface area contributed by atoms with Gasteiger partial charge in [0, 0.05) is 11.2 Å². The number of amides is 2. The van der Waals surface area contributed by atoms with Crippen molar-refractivity contribution in [2.24, 2.45) is 0 Å². The second-order valence-corrected chi connectivity index (χ2v) is 9.62. The smallest absolute Gasteiger partial charge is 0.249 e. The monoisotopic (exact) mass is 503 g/mol. The lowest BCUT2D eigenvalue weighted by Crippen LogP contribution is -2.50. The van der Waals surface area contributed by atoms with E-state index in [0.717, 1.165) is 0 Å². The highest BCUT2D eigenvalue weighted by Gasteiger charge is 2.35. The van der Waals surface area contributed by atoms with Gasteiger partial charge in [0.05, 0.1) is 12.1 Å². The van der Waals surface area contributed by atoms with Crippen LogP contribution in [-0.2, 0) is 16.1 Å². The highest BCUT2D eigenvalue weighted by atomic mass is 19.1. The summed E-state index contributed by atoms with van der Waals surface area (Å²) in [5, 5.41) is 11.2. The SMILES string of the molecule is CCOc1ccc([C@H](C(=O)NC(C)(C)C)N(C(=O)Cn2nnc3ccccc32)c2cccc(F)c2)cc1.